The summed E-state index contributed by atoms with van der Waals surface area (Å²) in [5, 5.41) is 14.4. The molecule has 0 saturated heterocycles. The third-order valence-electron chi connectivity index (χ3n) is 4.62. The van der Waals surface area contributed by atoms with Crippen LogP contribution in [-0.2, 0) is 23.1 Å². The molecule has 4 aromatic rings. The van der Waals surface area contributed by atoms with Gasteiger partial charge >= 0.3 is 0 Å². The Balaban J connectivity index is 1.74. The van der Waals surface area contributed by atoms with Crippen LogP contribution in [-0.4, -0.2) is 33.3 Å². The summed E-state index contributed by atoms with van der Waals surface area (Å²) in [6, 6.07) is 23.1. The fraction of sp³-hybridized carbons (Fsp3) is 0.0952. The number of aromatic amines is 1. The summed E-state index contributed by atoms with van der Waals surface area (Å²) in [6.07, 6.45) is 0. The molecule has 0 unspecified atom stereocenters. The van der Waals surface area contributed by atoms with Gasteiger partial charge in [0.05, 0.1) is 4.90 Å². The zero-order chi connectivity index (χ0) is 21.0. The lowest BCUT2D eigenvalue weighted by Gasteiger charge is -2.23. The molecular weight excluding hydrogens is 422 g/mol. The zero-order valence-corrected chi connectivity index (χ0v) is 17.4. The van der Waals surface area contributed by atoms with Crippen LogP contribution in [0.2, 0.25) is 5.02 Å². The predicted octanol–water partition coefficient (Wildman–Crippen LogP) is 3.91. The van der Waals surface area contributed by atoms with Crippen molar-refractivity contribution < 1.29 is 8.42 Å². The maximum absolute atomic E-state index is 13.5. The van der Waals surface area contributed by atoms with E-state index in [1.54, 1.807) is 12.1 Å². The van der Waals surface area contributed by atoms with Gasteiger partial charge in [-0.25, -0.2) is 13.5 Å². The summed E-state index contributed by atoms with van der Waals surface area (Å²) < 4.78 is 28.4. The second kappa shape index (κ2) is 8.74. The summed E-state index contributed by atoms with van der Waals surface area (Å²) in [4.78, 5) is 0.182. The first-order valence-corrected chi connectivity index (χ1v) is 11.0. The number of tetrazole rings is 1. The molecule has 0 saturated carbocycles. The number of sulfonamides is 1. The molecule has 1 aromatic heterocycles. The van der Waals surface area contributed by atoms with Crippen molar-refractivity contribution >= 4 is 21.6 Å². The fourth-order valence-electron chi connectivity index (χ4n) is 3.12. The summed E-state index contributed by atoms with van der Waals surface area (Å²) in [5.74, 6) is 0.481. The van der Waals surface area contributed by atoms with Crippen LogP contribution in [0.3, 0.4) is 0 Å². The van der Waals surface area contributed by atoms with E-state index in [0.717, 1.165) is 16.7 Å². The first-order chi connectivity index (χ1) is 14.5. The monoisotopic (exact) mass is 439 g/mol. The summed E-state index contributed by atoms with van der Waals surface area (Å²) in [5.41, 5.74) is 2.41. The number of hydrogen-bond donors (Lipinski definition) is 1. The van der Waals surface area contributed by atoms with Gasteiger partial charge in [-0.1, -0.05) is 66.2 Å². The van der Waals surface area contributed by atoms with Crippen molar-refractivity contribution in [3.05, 3.63) is 95.0 Å². The summed E-state index contributed by atoms with van der Waals surface area (Å²) in [6.45, 7) is 0.367. The van der Waals surface area contributed by atoms with Crippen LogP contribution in [0.1, 0.15) is 11.1 Å². The third-order valence-corrected chi connectivity index (χ3v) is 6.68. The molecule has 1 heterocycles. The van der Waals surface area contributed by atoms with E-state index >= 15 is 0 Å². The van der Waals surface area contributed by atoms with Crippen molar-refractivity contribution in [3.8, 4) is 11.4 Å². The molecule has 3 aromatic carbocycles. The summed E-state index contributed by atoms with van der Waals surface area (Å²) in [7, 11) is -3.79. The third kappa shape index (κ3) is 4.40. The highest BCUT2D eigenvalue weighted by molar-refractivity contribution is 7.89. The average molecular weight is 440 g/mol. The Morgan fingerprint density at radius 3 is 2.27 bits per heavy atom. The number of nitrogens with zero attached hydrogens (tertiary/aromatic N) is 4. The van der Waals surface area contributed by atoms with Crippen LogP contribution >= 0.6 is 11.6 Å². The fourth-order valence-corrected chi connectivity index (χ4v) is 4.65. The standard InChI is InChI=1S/C21H18ClN5O2S/c22-18-10-12-19(13-11-18)30(28,29)27(14-16-6-2-1-3-7-16)15-17-8-4-5-9-20(17)21-23-25-26-24-21/h1-13H,14-15H2,(H,23,24,25,26). The number of hydrogen-bond acceptors (Lipinski definition) is 5. The summed E-state index contributed by atoms with van der Waals surface area (Å²) >= 11 is 5.95. The SMILES string of the molecule is O=S(=O)(c1ccc(Cl)cc1)N(Cc1ccccc1)Cc1ccccc1-c1nnn[nH]1. The Bertz CT molecular complexity index is 1210. The van der Waals surface area contributed by atoms with Gasteiger partial charge < -0.3 is 0 Å². The number of nitrogens with one attached hydrogen (secondary N) is 1. The van der Waals surface area contributed by atoms with E-state index in [4.69, 9.17) is 11.6 Å². The molecule has 30 heavy (non-hydrogen) atoms. The molecule has 152 valence electrons. The van der Waals surface area contributed by atoms with Crippen molar-refractivity contribution in [3.63, 3.8) is 0 Å². The van der Waals surface area contributed by atoms with Gasteiger partial charge in [0.2, 0.25) is 10.0 Å². The molecule has 0 aliphatic carbocycles. The quantitative estimate of drug-likeness (QED) is 0.471. The molecule has 4 rings (SSSR count). The van der Waals surface area contributed by atoms with Crippen molar-refractivity contribution in [2.24, 2.45) is 0 Å². The molecule has 9 heteroatoms. The Hall–Kier alpha value is -3.07. The molecule has 0 atom stereocenters. The second-order valence-corrected chi connectivity index (χ2v) is 8.99. The van der Waals surface area contributed by atoms with E-state index in [0.29, 0.717) is 10.8 Å². The molecule has 0 amide bonds. The molecule has 0 fully saturated rings. The zero-order valence-electron chi connectivity index (χ0n) is 15.8. The van der Waals surface area contributed by atoms with Crippen LogP contribution in [0, 0.1) is 0 Å². The number of benzene rings is 3. The Morgan fingerprint density at radius 2 is 1.57 bits per heavy atom. The topological polar surface area (TPSA) is 91.8 Å². The van der Waals surface area contributed by atoms with Crippen LogP contribution in [0.25, 0.3) is 11.4 Å². The lowest BCUT2D eigenvalue weighted by molar-refractivity contribution is 0.401. The van der Waals surface area contributed by atoms with Gasteiger partial charge in [0.15, 0.2) is 5.82 Å². The molecule has 0 spiro atoms. The molecule has 1 N–H and O–H groups in total. The van der Waals surface area contributed by atoms with Gasteiger partial charge in [0.25, 0.3) is 0 Å². The lowest BCUT2D eigenvalue weighted by atomic mass is 10.1. The maximum Gasteiger partial charge on any atom is 0.243 e. The Kier molecular flexibility index (Phi) is 5.89. The van der Waals surface area contributed by atoms with E-state index in [1.807, 2.05) is 54.6 Å². The van der Waals surface area contributed by atoms with Crippen molar-refractivity contribution in [1.29, 1.82) is 0 Å². The van der Waals surface area contributed by atoms with E-state index in [9.17, 15) is 8.42 Å². The van der Waals surface area contributed by atoms with Crippen LogP contribution in [0.4, 0.5) is 0 Å². The minimum atomic E-state index is -3.79. The first-order valence-electron chi connectivity index (χ1n) is 9.16. The van der Waals surface area contributed by atoms with E-state index in [-0.39, 0.29) is 18.0 Å². The van der Waals surface area contributed by atoms with Crippen molar-refractivity contribution in [2.45, 2.75) is 18.0 Å². The van der Waals surface area contributed by atoms with Crippen LogP contribution in [0.5, 0.6) is 0 Å². The Labute approximate surface area is 179 Å². The molecule has 0 aliphatic heterocycles. The second-order valence-electron chi connectivity index (χ2n) is 6.62. The minimum absolute atomic E-state index is 0.150. The highest BCUT2D eigenvalue weighted by Gasteiger charge is 2.26. The largest absolute Gasteiger partial charge is 0.243 e. The normalized spacial score (nSPS) is 11.7. The van der Waals surface area contributed by atoms with Crippen LogP contribution in [0.15, 0.2) is 83.8 Å². The van der Waals surface area contributed by atoms with Crippen molar-refractivity contribution in [2.75, 3.05) is 0 Å². The number of rotatable bonds is 7. The van der Waals surface area contributed by atoms with Gasteiger partial charge in [-0.2, -0.15) is 4.31 Å². The predicted molar refractivity (Wildman–Crippen MR) is 114 cm³/mol. The highest BCUT2D eigenvalue weighted by atomic mass is 35.5. The van der Waals surface area contributed by atoms with E-state index in [2.05, 4.69) is 20.6 Å². The van der Waals surface area contributed by atoms with E-state index < -0.39 is 10.0 Å². The van der Waals surface area contributed by atoms with Gasteiger partial charge in [-0.15, -0.1) is 5.10 Å². The first kappa shape index (κ1) is 20.2. The Morgan fingerprint density at radius 1 is 0.867 bits per heavy atom. The number of halogens is 1. The highest BCUT2D eigenvalue weighted by Crippen LogP contribution is 2.26. The van der Waals surface area contributed by atoms with Crippen molar-refractivity contribution in [1.82, 2.24) is 24.9 Å². The van der Waals surface area contributed by atoms with E-state index in [1.165, 1.54) is 16.4 Å². The lowest BCUT2D eigenvalue weighted by Crippen LogP contribution is -2.30. The average Bonchev–Trinajstić information content (AvgIpc) is 3.29. The molecule has 0 aliphatic rings. The smallest absolute Gasteiger partial charge is 0.239 e. The number of H-pyrrole nitrogens is 1. The minimum Gasteiger partial charge on any atom is -0.239 e. The molecular formula is C21H18ClN5O2S. The van der Waals surface area contributed by atoms with Gasteiger partial charge in [-0.05, 0) is 45.8 Å². The number of aromatic nitrogens is 4. The molecule has 7 nitrogen and oxygen atoms in total. The molecule has 0 radical (unpaired) electrons. The van der Waals surface area contributed by atoms with Gasteiger partial charge in [0, 0.05) is 23.7 Å². The van der Waals surface area contributed by atoms with Gasteiger partial charge in [-0.3, -0.25) is 0 Å². The van der Waals surface area contributed by atoms with Gasteiger partial charge in [0.1, 0.15) is 0 Å². The van der Waals surface area contributed by atoms with Crippen LogP contribution < -0.4 is 0 Å². The molecule has 0 bridgehead atoms. The maximum atomic E-state index is 13.5.